The summed E-state index contributed by atoms with van der Waals surface area (Å²) >= 11 is 1.92. The molecule has 15 heavy (non-hydrogen) atoms. The van der Waals surface area contributed by atoms with Gasteiger partial charge in [0.05, 0.1) is 6.20 Å². The fraction of sp³-hybridized carbons (Fsp3) is 0.600. The summed E-state index contributed by atoms with van der Waals surface area (Å²) in [4.78, 5) is 14.4. The van der Waals surface area contributed by atoms with Crippen molar-refractivity contribution >= 4 is 17.7 Å². The van der Waals surface area contributed by atoms with Crippen LogP contribution in [0.4, 0.5) is 0 Å². The fourth-order valence-corrected chi connectivity index (χ4v) is 2.84. The van der Waals surface area contributed by atoms with Gasteiger partial charge >= 0.3 is 5.97 Å². The van der Waals surface area contributed by atoms with Gasteiger partial charge in [-0.15, -0.1) is 0 Å². The number of aromatic nitrogens is 1. The Kier molecular flexibility index (Phi) is 3.30. The van der Waals surface area contributed by atoms with Gasteiger partial charge in [-0.3, -0.25) is 4.79 Å². The Balaban J connectivity index is 2.02. The van der Waals surface area contributed by atoms with Crippen LogP contribution in [0.3, 0.4) is 0 Å². The molecule has 0 saturated carbocycles. The zero-order chi connectivity index (χ0) is 10.7. The smallest absolute Gasteiger partial charge is 0.312 e. The van der Waals surface area contributed by atoms with Crippen molar-refractivity contribution in [2.24, 2.45) is 0 Å². The van der Waals surface area contributed by atoms with E-state index < -0.39 is 5.97 Å². The predicted molar refractivity (Wildman–Crippen MR) is 57.1 cm³/mol. The molecule has 0 aromatic carbocycles. The molecule has 1 N–H and O–H groups in total. The van der Waals surface area contributed by atoms with Crippen LogP contribution in [0.2, 0.25) is 0 Å². The van der Waals surface area contributed by atoms with Gasteiger partial charge in [-0.2, -0.15) is 11.8 Å². The van der Waals surface area contributed by atoms with Gasteiger partial charge < -0.3 is 9.52 Å². The predicted octanol–water partition coefficient (Wildman–Crippen LogP) is 1.91. The highest BCUT2D eigenvalue weighted by Crippen LogP contribution is 2.31. The quantitative estimate of drug-likeness (QED) is 0.854. The monoisotopic (exact) mass is 227 g/mol. The van der Waals surface area contributed by atoms with E-state index in [4.69, 9.17) is 9.52 Å². The summed E-state index contributed by atoms with van der Waals surface area (Å²) in [7, 11) is 0. The molecule has 1 saturated heterocycles. The molecule has 5 heteroatoms. The van der Waals surface area contributed by atoms with Crippen molar-refractivity contribution in [2.75, 3.05) is 11.5 Å². The van der Waals surface area contributed by atoms with Crippen molar-refractivity contribution in [2.45, 2.75) is 25.2 Å². The molecular formula is C10H13NO3S. The van der Waals surface area contributed by atoms with Crippen LogP contribution in [-0.2, 0) is 11.2 Å². The standard InChI is InChI=1S/C10H13NO3S/c12-10(13)4-9-11-5-8(14-9)7-2-1-3-15-6-7/h5,7H,1-4,6H2,(H,12,13). The van der Waals surface area contributed by atoms with Gasteiger partial charge in [-0.25, -0.2) is 4.98 Å². The zero-order valence-corrected chi connectivity index (χ0v) is 9.13. The summed E-state index contributed by atoms with van der Waals surface area (Å²) in [5.41, 5.74) is 0. The number of oxazole rings is 1. The maximum absolute atomic E-state index is 10.5. The molecule has 0 bridgehead atoms. The Bertz CT molecular complexity index is 344. The number of carbonyl (C=O) groups is 1. The highest BCUT2D eigenvalue weighted by molar-refractivity contribution is 7.99. The molecule has 4 nitrogen and oxygen atoms in total. The van der Waals surface area contributed by atoms with Crippen LogP contribution in [0.25, 0.3) is 0 Å². The highest BCUT2D eigenvalue weighted by atomic mass is 32.2. The Morgan fingerprint density at radius 3 is 3.27 bits per heavy atom. The van der Waals surface area contributed by atoms with E-state index in [0.717, 1.165) is 17.9 Å². The maximum atomic E-state index is 10.5. The van der Waals surface area contributed by atoms with Gasteiger partial charge in [0, 0.05) is 11.7 Å². The first-order valence-electron chi connectivity index (χ1n) is 5.00. The van der Waals surface area contributed by atoms with Gasteiger partial charge in [0.2, 0.25) is 5.89 Å². The SMILES string of the molecule is O=C(O)Cc1ncc(C2CCCSC2)o1. The van der Waals surface area contributed by atoms with Gasteiger partial charge in [-0.1, -0.05) is 0 Å². The van der Waals surface area contributed by atoms with Gasteiger partial charge in [0.15, 0.2) is 0 Å². The van der Waals surface area contributed by atoms with Crippen LogP contribution in [0.15, 0.2) is 10.6 Å². The second kappa shape index (κ2) is 4.70. The van der Waals surface area contributed by atoms with Gasteiger partial charge in [0.25, 0.3) is 0 Å². The molecule has 2 heterocycles. The number of hydrogen-bond donors (Lipinski definition) is 1. The number of rotatable bonds is 3. The minimum Gasteiger partial charge on any atom is -0.481 e. The number of carboxylic acid groups (broad SMARTS) is 1. The molecule has 1 aliphatic rings. The summed E-state index contributed by atoms with van der Waals surface area (Å²) < 4.78 is 5.43. The average molecular weight is 227 g/mol. The van der Waals surface area contributed by atoms with E-state index >= 15 is 0 Å². The molecule has 0 aliphatic carbocycles. The lowest BCUT2D eigenvalue weighted by Gasteiger charge is -2.18. The number of carboxylic acids is 1. The summed E-state index contributed by atoms with van der Waals surface area (Å²) in [6, 6.07) is 0. The number of nitrogens with zero attached hydrogens (tertiary/aromatic N) is 1. The molecule has 1 fully saturated rings. The topological polar surface area (TPSA) is 63.3 Å². The Labute approximate surface area is 92.1 Å². The van der Waals surface area contributed by atoms with Crippen molar-refractivity contribution < 1.29 is 14.3 Å². The van der Waals surface area contributed by atoms with Crippen LogP contribution < -0.4 is 0 Å². The van der Waals surface area contributed by atoms with E-state index in [1.165, 1.54) is 12.2 Å². The van der Waals surface area contributed by atoms with Crippen molar-refractivity contribution in [3.05, 3.63) is 17.8 Å². The molecule has 1 aromatic rings. The zero-order valence-electron chi connectivity index (χ0n) is 8.31. The van der Waals surface area contributed by atoms with E-state index in [0.29, 0.717) is 11.8 Å². The van der Waals surface area contributed by atoms with Crippen LogP contribution in [0, 0.1) is 0 Å². The second-order valence-corrected chi connectivity index (χ2v) is 4.79. The molecule has 1 unspecified atom stereocenters. The first-order chi connectivity index (χ1) is 7.25. The lowest BCUT2D eigenvalue weighted by atomic mass is 10.0. The normalized spacial score (nSPS) is 21.5. The molecule has 1 aromatic heterocycles. The summed E-state index contributed by atoms with van der Waals surface area (Å²) in [5.74, 6) is 2.95. The average Bonchev–Trinajstić information content (AvgIpc) is 2.67. The summed E-state index contributed by atoms with van der Waals surface area (Å²) in [6.45, 7) is 0. The van der Waals surface area contributed by atoms with Crippen LogP contribution >= 0.6 is 11.8 Å². The number of aliphatic carboxylic acids is 1. The maximum Gasteiger partial charge on any atom is 0.312 e. The van der Waals surface area contributed by atoms with Crippen molar-refractivity contribution in [1.29, 1.82) is 0 Å². The highest BCUT2D eigenvalue weighted by Gasteiger charge is 2.20. The lowest BCUT2D eigenvalue weighted by Crippen LogP contribution is -2.07. The first-order valence-corrected chi connectivity index (χ1v) is 6.15. The third kappa shape index (κ3) is 2.75. The van der Waals surface area contributed by atoms with E-state index in [9.17, 15) is 4.79 Å². The molecule has 2 rings (SSSR count). The Morgan fingerprint density at radius 2 is 2.60 bits per heavy atom. The molecule has 0 radical (unpaired) electrons. The summed E-state index contributed by atoms with van der Waals surface area (Å²) in [6.07, 6.45) is 3.87. The van der Waals surface area contributed by atoms with Crippen molar-refractivity contribution in [3.63, 3.8) is 0 Å². The second-order valence-electron chi connectivity index (χ2n) is 3.64. The third-order valence-electron chi connectivity index (χ3n) is 2.44. The van der Waals surface area contributed by atoms with E-state index in [1.807, 2.05) is 11.8 Å². The number of thioether (sulfide) groups is 1. The van der Waals surface area contributed by atoms with E-state index in [2.05, 4.69) is 4.98 Å². The minimum absolute atomic E-state index is 0.125. The lowest BCUT2D eigenvalue weighted by molar-refractivity contribution is -0.136. The molecule has 1 atom stereocenters. The molecule has 82 valence electrons. The van der Waals surface area contributed by atoms with Gasteiger partial charge in [0.1, 0.15) is 12.2 Å². The van der Waals surface area contributed by atoms with Crippen molar-refractivity contribution in [3.8, 4) is 0 Å². The number of hydrogen-bond acceptors (Lipinski definition) is 4. The largest absolute Gasteiger partial charge is 0.481 e. The molecule has 1 aliphatic heterocycles. The van der Waals surface area contributed by atoms with Gasteiger partial charge in [-0.05, 0) is 18.6 Å². The third-order valence-corrected chi connectivity index (χ3v) is 3.65. The molecule has 0 amide bonds. The molecular weight excluding hydrogens is 214 g/mol. The Morgan fingerprint density at radius 1 is 1.73 bits per heavy atom. The Hall–Kier alpha value is -0.970. The van der Waals surface area contributed by atoms with Crippen molar-refractivity contribution in [1.82, 2.24) is 4.98 Å². The van der Waals surface area contributed by atoms with Crippen LogP contribution in [0.1, 0.15) is 30.4 Å². The fourth-order valence-electron chi connectivity index (χ4n) is 1.69. The summed E-state index contributed by atoms with van der Waals surface area (Å²) in [5, 5.41) is 8.58. The van der Waals surface area contributed by atoms with Crippen LogP contribution in [-0.4, -0.2) is 27.6 Å². The van der Waals surface area contributed by atoms with E-state index in [-0.39, 0.29) is 6.42 Å². The van der Waals surface area contributed by atoms with E-state index in [1.54, 1.807) is 6.20 Å². The first kappa shape index (κ1) is 10.5. The minimum atomic E-state index is -0.901. The molecule has 0 spiro atoms. The van der Waals surface area contributed by atoms with Crippen LogP contribution in [0.5, 0.6) is 0 Å².